The lowest BCUT2D eigenvalue weighted by Gasteiger charge is -2.24. The second-order valence-electron chi connectivity index (χ2n) is 8.45. The topological polar surface area (TPSA) is 139 Å². The van der Waals surface area contributed by atoms with Gasteiger partial charge in [-0.3, -0.25) is 9.59 Å². The minimum absolute atomic E-state index is 0.0498. The molecule has 0 bridgehead atoms. The number of phenolic OH excluding ortho intramolecular Hbond substituents is 1. The molecule has 0 saturated heterocycles. The number of allylic oxidation sites excluding steroid dienone is 1. The number of carbonyl (C=O) groups excluding carboxylic acids is 2. The minimum atomic E-state index is -0.854. The summed E-state index contributed by atoms with van der Waals surface area (Å²) in [6, 6.07) is 6.70. The maximum Gasteiger partial charge on any atom is 0.223 e. The van der Waals surface area contributed by atoms with Crippen LogP contribution in [0, 0.1) is 11.8 Å². The van der Waals surface area contributed by atoms with Crippen molar-refractivity contribution in [2.24, 2.45) is 23.3 Å². The molecule has 0 aliphatic rings. The molecule has 0 aliphatic heterocycles. The zero-order valence-corrected chi connectivity index (χ0v) is 21.1. The summed E-state index contributed by atoms with van der Waals surface area (Å²) in [6.07, 6.45) is 3.59. The van der Waals surface area contributed by atoms with Gasteiger partial charge in [-0.15, -0.1) is 0 Å². The van der Waals surface area contributed by atoms with Gasteiger partial charge in [0.15, 0.2) is 0 Å². The van der Waals surface area contributed by atoms with Gasteiger partial charge in [0.25, 0.3) is 0 Å². The molecule has 0 spiro atoms. The summed E-state index contributed by atoms with van der Waals surface area (Å²) in [7, 11) is 1.89. The Hall–Kier alpha value is -2.22. The molecule has 0 aromatic heterocycles. The first kappa shape index (κ1) is 30.8. The molecule has 1 aromatic rings. The molecule has 0 saturated carbocycles. The molecule has 7 N–H and O–H groups in total. The van der Waals surface area contributed by atoms with E-state index in [-0.39, 0.29) is 29.9 Å². The number of ketones is 1. The van der Waals surface area contributed by atoms with E-state index in [2.05, 4.69) is 5.32 Å². The summed E-state index contributed by atoms with van der Waals surface area (Å²) < 4.78 is 0. The van der Waals surface area contributed by atoms with Crippen LogP contribution in [-0.2, 0) is 16.0 Å². The second-order valence-corrected chi connectivity index (χ2v) is 8.45. The molecule has 33 heavy (non-hydrogen) atoms. The summed E-state index contributed by atoms with van der Waals surface area (Å²) >= 11 is 0. The molecular weight excluding hydrogens is 418 g/mol. The summed E-state index contributed by atoms with van der Waals surface area (Å²) in [5.74, 6) is -1.64. The van der Waals surface area contributed by atoms with E-state index in [1.165, 1.54) is 0 Å². The number of amides is 1. The summed E-state index contributed by atoms with van der Waals surface area (Å²) in [5, 5.41) is 22.0. The highest BCUT2D eigenvalue weighted by molar-refractivity contribution is 5.87. The van der Waals surface area contributed by atoms with Crippen molar-refractivity contribution in [1.29, 1.82) is 0 Å². The molecule has 0 aliphatic carbocycles. The van der Waals surface area contributed by atoms with Crippen molar-refractivity contribution in [1.82, 2.24) is 5.32 Å². The van der Waals surface area contributed by atoms with E-state index in [0.717, 1.165) is 36.1 Å². The third-order valence-electron chi connectivity index (χ3n) is 5.70. The molecule has 1 amide bonds. The SMILES string of the molecule is CC.CNCCCC[C@H](CC(=C(C)C)[C@@H](N)Cc1ccc(O)cc1)C(=O)C[C@@H](CO)C(N)=O. The number of benzene rings is 1. The predicted octanol–water partition coefficient (Wildman–Crippen LogP) is 3.07. The van der Waals surface area contributed by atoms with Crippen LogP contribution in [0.5, 0.6) is 5.75 Å². The standard InChI is InChI=1S/C24H39N3O4.C2H6/c1-16(2)21(22(25)12-17-7-9-20(29)10-8-17)13-18(6-4-5-11-27-3)23(30)14-19(15-28)24(26)31;1-2/h7-10,18-19,22,27-29H,4-6,11-15,25H2,1-3H3,(H2,26,31);1-2H3/t18-,19+,22+;/m1./s1. The van der Waals surface area contributed by atoms with E-state index >= 15 is 0 Å². The second kappa shape index (κ2) is 17.3. The Bertz CT molecular complexity index is 728. The molecule has 0 fully saturated rings. The average Bonchev–Trinajstić information content (AvgIpc) is 2.79. The first-order valence-corrected chi connectivity index (χ1v) is 12.0. The maximum atomic E-state index is 13.0. The molecule has 3 atom stereocenters. The molecule has 188 valence electrons. The first-order valence-electron chi connectivity index (χ1n) is 12.0. The van der Waals surface area contributed by atoms with Crippen LogP contribution in [0.4, 0.5) is 0 Å². The molecule has 7 heteroatoms. The number of rotatable bonds is 15. The van der Waals surface area contributed by atoms with Crippen molar-refractivity contribution in [2.75, 3.05) is 20.2 Å². The maximum absolute atomic E-state index is 13.0. The fraction of sp³-hybridized carbons (Fsp3) is 0.615. The van der Waals surface area contributed by atoms with Gasteiger partial charge < -0.3 is 27.0 Å². The fourth-order valence-corrected chi connectivity index (χ4v) is 3.73. The third-order valence-corrected chi connectivity index (χ3v) is 5.70. The zero-order valence-electron chi connectivity index (χ0n) is 21.1. The first-order chi connectivity index (χ1) is 15.7. The lowest BCUT2D eigenvalue weighted by atomic mass is 9.82. The monoisotopic (exact) mass is 463 g/mol. The van der Waals surface area contributed by atoms with Gasteiger partial charge in [0.05, 0.1) is 12.5 Å². The molecule has 0 heterocycles. The Morgan fingerprint density at radius 3 is 2.12 bits per heavy atom. The summed E-state index contributed by atoms with van der Waals surface area (Å²) in [4.78, 5) is 24.5. The number of primary amides is 1. The summed E-state index contributed by atoms with van der Waals surface area (Å²) in [6.45, 7) is 8.43. The van der Waals surface area contributed by atoms with Crippen molar-refractivity contribution in [3.8, 4) is 5.75 Å². The average molecular weight is 464 g/mol. The number of hydrogen-bond acceptors (Lipinski definition) is 6. The number of aliphatic hydroxyl groups excluding tert-OH is 1. The molecule has 7 nitrogen and oxygen atoms in total. The van der Waals surface area contributed by atoms with Gasteiger partial charge in [-0.05, 0) is 70.8 Å². The van der Waals surface area contributed by atoms with Gasteiger partial charge in [0, 0.05) is 18.4 Å². The van der Waals surface area contributed by atoms with E-state index in [0.29, 0.717) is 19.3 Å². The van der Waals surface area contributed by atoms with Crippen molar-refractivity contribution in [3.63, 3.8) is 0 Å². The largest absolute Gasteiger partial charge is 0.508 e. The highest BCUT2D eigenvalue weighted by atomic mass is 16.3. The van der Waals surface area contributed by atoms with E-state index in [9.17, 15) is 19.8 Å². The van der Waals surface area contributed by atoms with E-state index in [4.69, 9.17) is 11.5 Å². The number of phenols is 1. The number of aromatic hydroxyl groups is 1. The molecule has 1 rings (SSSR count). The van der Waals surface area contributed by atoms with Gasteiger partial charge in [-0.25, -0.2) is 0 Å². The van der Waals surface area contributed by atoms with Gasteiger partial charge in [-0.1, -0.05) is 43.5 Å². The Morgan fingerprint density at radius 2 is 1.64 bits per heavy atom. The van der Waals surface area contributed by atoms with Gasteiger partial charge in [-0.2, -0.15) is 0 Å². The number of carbonyl (C=O) groups is 2. The quantitative estimate of drug-likeness (QED) is 0.200. The summed E-state index contributed by atoms with van der Waals surface area (Å²) in [5.41, 5.74) is 15.0. The number of unbranched alkanes of at least 4 members (excludes halogenated alkanes) is 1. The van der Waals surface area contributed by atoms with Gasteiger partial charge in [0.2, 0.25) is 5.91 Å². The fourth-order valence-electron chi connectivity index (χ4n) is 3.73. The smallest absolute Gasteiger partial charge is 0.223 e. The van der Waals surface area contributed by atoms with Crippen molar-refractivity contribution >= 4 is 11.7 Å². The lowest BCUT2D eigenvalue weighted by Crippen LogP contribution is -2.32. The van der Waals surface area contributed by atoms with Crippen LogP contribution in [0.2, 0.25) is 0 Å². The van der Waals surface area contributed by atoms with E-state index < -0.39 is 18.4 Å². The third kappa shape index (κ3) is 12.0. The van der Waals surface area contributed by atoms with Gasteiger partial charge in [0.1, 0.15) is 11.5 Å². The highest BCUT2D eigenvalue weighted by Crippen LogP contribution is 2.27. The number of Topliss-reactive ketones (excluding diaryl/α,β-unsaturated/α-hetero) is 1. The number of nitrogens with two attached hydrogens (primary N) is 2. The van der Waals surface area contributed by atoms with Crippen LogP contribution in [0.15, 0.2) is 35.4 Å². The lowest BCUT2D eigenvalue weighted by molar-refractivity contribution is -0.130. The van der Waals surface area contributed by atoms with Crippen molar-refractivity contribution in [2.45, 2.75) is 72.3 Å². The van der Waals surface area contributed by atoms with Crippen LogP contribution in [0.1, 0.15) is 65.4 Å². The number of hydrogen-bond donors (Lipinski definition) is 5. The molecule has 1 aromatic carbocycles. The Labute approximate surface area is 199 Å². The van der Waals surface area contributed by atoms with Crippen LogP contribution in [0.25, 0.3) is 0 Å². The van der Waals surface area contributed by atoms with E-state index in [1.807, 2.05) is 46.9 Å². The molecular formula is C26H45N3O4. The number of nitrogens with one attached hydrogen (secondary N) is 1. The Balaban J connectivity index is 0.00000497. The minimum Gasteiger partial charge on any atom is -0.508 e. The Kier molecular flexibility index (Phi) is 16.1. The van der Waals surface area contributed by atoms with Crippen LogP contribution >= 0.6 is 0 Å². The normalized spacial score (nSPS) is 13.3. The Morgan fingerprint density at radius 1 is 1.03 bits per heavy atom. The van der Waals surface area contributed by atoms with Gasteiger partial charge >= 0.3 is 0 Å². The van der Waals surface area contributed by atoms with Crippen molar-refractivity contribution in [3.05, 3.63) is 41.0 Å². The van der Waals surface area contributed by atoms with E-state index in [1.54, 1.807) is 12.1 Å². The van der Waals surface area contributed by atoms with Crippen LogP contribution in [-0.4, -0.2) is 48.1 Å². The highest BCUT2D eigenvalue weighted by Gasteiger charge is 2.27. The van der Waals surface area contributed by atoms with Crippen molar-refractivity contribution < 1.29 is 19.8 Å². The molecule has 0 unspecified atom stereocenters. The molecule has 0 radical (unpaired) electrons. The zero-order chi connectivity index (χ0) is 25.4. The van der Waals surface area contributed by atoms with Crippen LogP contribution < -0.4 is 16.8 Å². The number of aliphatic hydroxyl groups is 1. The predicted molar refractivity (Wildman–Crippen MR) is 135 cm³/mol. The van der Waals surface area contributed by atoms with Crippen LogP contribution in [0.3, 0.4) is 0 Å².